The van der Waals surface area contributed by atoms with Gasteiger partial charge < -0.3 is 9.64 Å². The van der Waals surface area contributed by atoms with Gasteiger partial charge in [0.1, 0.15) is 0 Å². The van der Waals surface area contributed by atoms with Gasteiger partial charge >= 0.3 is 5.97 Å². The van der Waals surface area contributed by atoms with E-state index in [-0.39, 0.29) is 42.1 Å². The Balaban J connectivity index is 1.76. The SMILES string of the molecule is COC(=O)C[C@@]1(C)C[C@H](c2cccc(Cl)c2)[C@@H](c2ccc(Cl)cc2)N([C@@H](C)CCN(C)S(=O)(=O)C2CC2)C1=O. The molecule has 2 aliphatic rings. The highest BCUT2D eigenvalue weighted by molar-refractivity contribution is 7.90. The Labute approximate surface area is 241 Å². The molecule has 1 aliphatic heterocycles. The lowest BCUT2D eigenvalue weighted by Gasteiger charge is -2.51. The number of amides is 1. The van der Waals surface area contributed by atoms with Gasteiger partial charge in [0.2, 0.25) is 15.9 Å². The zero-order valence-corrected chi connectivity index (χ0v) is 25.1. The molecule has 1 heterocycles. The summed E-state index contributed by atoms with van der Waals surface area (Å²) in [5.41, 5.74) is 0.837. The fourth-order valence-corrected chi connectivity index (χ4v) is 7.60. The number of carbonyl (C=O) groups excluding carboxylic acids is 2. The summed E-state index contributed by atoms with van der Waals surface area (Å²) in [6, 6.07) is 14.3. The molecule has 0 aromatic heterocycles. The van der Waals surface area contributed by atoms with Gasteiger partial charge in [-0.05, 0) is 68.0 Å². The third-order valence-corrected chi connectivity index (χ3v) is 10.9. The van der Waals surface area contributed by atoms with Gasteiger partial charge in [-0.15, -0.1) is 0 Å². The van der Waals surface area contributed by atoms with E-state index >= 15 is 0 Å². The summed E-state index contributed by atoms with van der Waals surface area (Å²) in [6.45, 7) is 4.04. The lowest BCUT2D eigenvalue weighted by molar-refractivity contribution is -0.161. The van der Waals surface area contributed by atoms with Crippen molar-refractivity contribution in [2.45, 2.75) is 69.2 Å². The summed E-state index contributed by atoms with van der Waals surface area (Å²) < 4.78 is 31.9. The minimum absolute atomic E-state index is 0.0636. The highest BCUT2D eigenvalue weighted by Gasteiger charge is 2.52. The Morgan fingerprint density at radius 2 is 1.79 bits per heavy atom. The average Bonchev–Trinajstić information content (AvgIpc) is 3.75. The van der Waals surface area contributed by atoms with Crippen LogP contribution in [0.1, 0.15) is 69.0 Å². The maximum atomic E-state index is 14.3. The van der Waals surface area contributed by atoms with Crippen LogP contribution in [0, 0.1) is 5.41 Å². The summed E-state index contributed by atoms with van der Waals surface area (Å²) in [5.74, 6) is -0.803. The average molecular weight is 596 g/mol. The van der Waals surface area contributed by atoms with Crippen LogP contribution in [-0.4, -0.2) is 61.5 Å². The van der Waals surface area contributed by atoms with Crippen LogP contribution in [0.3, 0.4) is 0 Å². The quantitative estimate of drug-likeness (QED) is 0.323. The van der Waals surface area contributed by atoms with Crippen molar-refractivity contribution in [2.75, 3.05) is 20.7 Å². The van der Waals surface area contributed by atoms with Gasteiger partial charge in [0.15, 0.2) is 0 Å². The molecule has 0 spiro atoms. The molecule has 2 fully saturated rings. The number of benzene rings is 2. The number of likely N-dealkylation sites (tertiary alicyclic amines) is 1. The molecule has 39 heavy (non-hydrogen) atoms. The van der Waals surface area contributed by atoms with Crippen molar-refractivity contribution >= 4 is 45.1 Å². The predicted molar refractivity (Wildman–Crippen MR) is 153 cm³/mol. The Morgan fingerprint density at radius 3 is 2.38 bits per heavy atom. The van der Waals surface area contributed by atoms with Crippen molar-refractivity contribution < 1.29 is 22.7 Å². The molecule has 0 bridgehead atoms. The number of halogens is 2. The summed E-state index contributed by atoms with van der Waals surface area (Å²) >= 11 is 12.6. The molecule has 1 saturated carbocycles. The molecule has 1 aliphatic carbocycles. The van der Waals surface area contributed by atoms with Crippen molar-refractivity contribution in [3.8, 4) is 0 Å². The van der Waals surface area contributed by atoms with Crippen molar-refractivity contribution in [3.63, 3.8) is 0 Å². The Bertz CT molecular complexity index is 1320. The van der Waals surface area contributed by atoms with E-state index in [1.165, 1.54) is 11.4 Å². The smallest absolute Gasteiger partial charge is 0.306 e. The molecule has 0 N–H and O–H groups in total. The highest BCUT2D eigenvalue weighted by Crippen LogP contribution is 2.52. The van der Waals surface area contributed by atoms with Gasteiger partial charge in [0, 0.05) is 35.6 Å². The molecule has 2 aromatic rings. The van der Waals surface area contributed by atoms with E-state index in [0.29, 0.717) is 35.7 Å². The first-order valence-electron chi connectivity index (χ1n) is 13.2. The monoisotopic (exact) mass is 594 g/mol. The number of hydrogen-bond donors (Lipinski definition) is 0. The number of carbonyl (C=O) groups is 2. The number of piperidine rings is 1. The maximum Gasteiger partial charge on any atom is 0.306 e. The molecule has 1 saturated heterocycles. The summed E-state index contributed by atoms with van der Waals surface area (Å²) in [4.78, 5) is 28.7. The first-order chi connectivity index (χ1) is 18.4. The van der Waals surface area contributed by atoms with Gasteiger partial charge in [-0.1, -0.05) is 54.4 Å². The van der Waals surface area contributed by atoms with E-state index in [0.717, 1.165) is 11.1 Å². The number of hydrogen-bond acceptors (Lipinski definition) is 5. The predicted octanol–water partition coefficient (Wildman–Crippen LogP) is 5.82. The fraction of sp³-hybridized carbons (Fsp3) is 0.517. The summed E-state index contributed by atoms with van der Waals surface area (Å²) in [5, 5.41) is 0.870. The van der Waals surface area contributed by atoms with Gasteiger partial charge in [0.05, 0.1) is 30.2 Å². The molecule has 0 radical (unpaired) electrons. The van der Waals surface area contributed by atoms with Crippen molar-refractivity contribution in [3.05, 3.63) is 69.7 Å². The van der Waals surface area contributed by atoms with Crippen LogP contribution in [0.4, 0.5) is 0 Å². The first-order valence-corrected chi connectivity index (χ1v) is 15.5. The number of sulfonamides is 1. The van der Waals surface area contributed by atoms with Crippen LogP contribution in [0.2, 0.25) is 10.0 Å². The first kappa shape index (κ1) is 29.8. The number of ether oxygens (including phenoxy) is 1. The zero-order valence-electron chi connectivity index (χ0n) is 22.8. The van der Waals surface area contributed by atoms with E-state index in [1.807, 2.05) is 49.1 Å². The van der Waals surface area contributed by atoms with E-state index in [9.17, 15) is 18.0 Å². The lowest BCUT2D eigenvalue weighted by Crippen LogP contribution is -2.56. The third kappa shape index (κ3) is 6.45. The topological polar surface area (TPSA) is 84.0 Å². The number of nitrogens with zero attached hydrogens (tertiary/aromatic N) is 2. The second kappa shape index (κ2) is 11.8. The maximum absolute atomic E-state index is 14.3. The van der Waals surface area contributed by atoms with Gasteiger partial charge in [-0.2, -0.15) is 0 Å². The molecule has 212 valence electrons. The Kier molecular flexibility index (Phi) is 9.01. The second-order valence-corrected chi connectivity index (χ2v) is 14.3. The van der Waals surface area contributed by atoms with Gasteiger partial charge in [-0.25, -0.2) is 12.7 Å². The largest absolute Gasteiger partial charge is 0.469 e. The van der Waals surface area contributed by atoms with Gasteiger partial charge in [-0.3, -0.25) is 9.59 Å². The lowest BCUT2D eigenvalue weighted by atomic mass is 9.67. The molecule has 7 nitrogen and oxygen atoms in total. The van der Waals surface area contributed by atoms with Gasteiger partial charge in [0.25, 0.3) is 0 Å². The Morgan fingerprint density at radius 1 is 1.13 bits per heavy atom. The van der Waals surface area contributed by atoms with Crippen molar-refractivity contribution in [1.82, 2.24) is 9.21 Å². The molecule has 0 unspecified atom stereocenters. The molecule has 4 atom stereocenters. The summed E-state index contributed by atoms with van der Waals surface area (Å²) in [7, 11) is -0.415. The van der Waals surface area contributed by atoms with Crippen LogP contribution in [-0.2, 0) is 24.3 Å². The molecule has 2 aromatic carbocycles. The molecule has 4 rings (SSSR count). The van der Waals surface area contributed by atoms with Crippen LogP contribution in [0.5, 0.6) is 0 Å². The van der Waals surface area contributed by atoms with E-state index in [2.05, 4.69) is 0 Å². The molecule has 10 heteroatoms. The van der Waals surface area contributed by atoms with Crippen LogP contribution in [0.25, 0.3) is 0 Å². The van der Waals surface area contributed by atoms with E-state index < -0.39 is 21.4 Å². The summed E-state index contributed by atoms with van der Waals surface area (Å²) in [6.07, 6.45) is 2.17. The van der Waals surface area contributed by atoms with Crippen LogP contribution < -0.4 is 0 Å². The van der Waals surface area contributed by atoms with E-state index in [1.54, 1.807) is 25.2 Å². The minimum Gasteiger partial charge on any atom is -0.469 e. The minimum atomic E-state index is -3.34. The third-order valence-electron chi connectivity index (χ3n) is 8.07. The standard InChI is InChI=1S/C29H36Cl2N2O5S/c1-19(14-15-32(3)39(36,37)24-12-13-24)33-27(20-8-10-22(30)11-9-20)25(21-6-5-7-23(31)16-21)17-29(2,28(33)35)18-26(34)38-4/h5-11,16,19,24-25,27H,12-15,17-18H2,1-4H3/t19-,25+,27+,29+/m0/s1. The normalized spacial score (nSPS) is 24.6. The number of methoxy groups -OCH3 is 1. The Hall–Kier alpha value is -2.13. The number of rotatable bonds is 10. The molecule has 1 amide bonds. The van der Waals surface area contributed by atoms with E-state index in [4.69, 9.17) is 27.9 Å². The van der Waals surface area contributed by atoms with Crippen molar-refractivity contribution in [1.29, 1.82) is 0 Å². The highest BCUT2D eigenvalue weighted by atomic mass is 35.5. The zero-order chi connectivity index (χ0) is 28.5. The molecular weight excluding hydrogens is 559 g/mol. The fourth-order valence-electron chi connectivity index (χ4n) is 5.67. The second-order valence-electron chi connectivity index (χ2n) is 11.1. The van der Waals surface area contributed by atoms with Crippen LogP contribution >= 0.6 is 23.2 Å². The van der Waals surface area contributed by atoms with Crippen molar-refractivity contribution in [2.24, 2.45) is 5.41 Å². The number of esters is 1. The molecular formula is C29H36Cl2N2O5S. The van der Waals surface area contributed by atoms with Crippen LogP contribution in [0.15, 0.2) is 48.5 Å².